The Kier molecular flexibility index (Phi) is 3.86. The van der Waals surface area contributed by atoms with Crippen LogP contribution >= 0.6 is 0 Å². The lowest BCUT2D eigenvalue weighted by molar-refractivity contribution is -0.384. The van der Waals surface area contributed by atoms with E-state index in [0.717, 1.165) is 11.8 Å². The average Bonchev–Trinajstić information content (AvgIpc) is 3.04. The van der Waals surface area contributed by atoms with Gasteiger partial charge < -0.3 is 0 Å². The predicted molar refractivity (Wildman–Crippen MR) is 86.6 cm³/mol. The molecule has 3 aromatic rings. The van der Waals surface area contributed by atoms with Crippen LogP contribution in [-0.2, 0) is 9.84 Å². The molecule has 0 saturated heterocycles. The number of sulfone groups is 1. The third-order valence-corrected chi connectivity index (χ3v) is 4.51. The van der Waals surface area contributed by atoms with E-state index in [1.807, 2.05) is 0 Å². The SMILES string of the molecule is CS(=O)(=O)c1ccc(-n2cncc2-c2ccc([N+](=O)[O-])cc2)nc1. The summed E-state index contributed by atoms with van der Waals surface area (Å²) in [5.41, 5.74) is 1.41. The maximum absolute atomic E-state index is 11.5. The number of aromatic nitrogens is 3. The minimum atomic E-state index is -3.31. The van der Waals surface area contributed by atoms with Gasteiger partial charge in [0.15, 0.2) is 9.84 Å². The van der Waals surface area contributed by atoms with Gasteiger partial charge in [-0.1, -0.05) is 0 Å². The molecule has 0 atom stereocenters. The third-order valence-electron chi connectivity index (χ3n) is 3.41. The minimum Gasteiger partial charge on any atom is -0.283 e. The van der Waals surface area contributed by atoms with Crippen LogP contribution in [0.2, 0.25) is 0 Å². The molecule has 0 unspecified atom stereocenters. The molecule has 8 nitrogen and oxygen atoms in total. The van der Waals surface area contributed by atoms with Gasteiger partial charge in [0.05, 0.1) is 21.7 Å². The van der Waals surface area contributed by atoms with E-state index >= 15 is 0 Å². The Bertz CT molecular complexity index is 993. The number of nitro groups is 1. The molecule has 2 aromatic heterocycles. The van der Waals surface area contributed by atoms with Crippen molar-refractivity contribution in [1.29, 1.82) is 0 Å². The number of pyridine rings is 1. The number of hydrogen-bond acceptors (Lipinski definition) is 6. The van der Waals surface area contributed by atoms with Crippen LogP contribution in [0.3, 0.4) is 0 Å². The molecular formula is C15H12N4O4S. The smallest absolute Gasteiger partial charge is 0.269 e. The van der Waals surface area contributed by atoms with Crippen molar-refractivity contribution < 1.29 is 13.3 Å². The average molecular weight is 344 g/mol. The van der Waals surface area contributed by atoms with Gasteiger partial charge in [0.25, 0.3) is 5.69 Å². The lowest BCUT2D eigenvalue weighted by Gasteiger charge is -2.08. The second-order valence-electron chi connectivity index (χ2n) is 5.08. The van der Waals surface area contributed by atoms with Crippen molar-refractivity contribution in [2.75, 3.05) is 6.26 Å². The van der Waals surface area contributed by atoms with Crippen molar-refractivity contribution in [3.63, 3.8) is 0 Å². The van der Waals surface area contributed by atoms with E-state index in [4.69, 9.17) is 0 Å². The summed E-state index contributed by atoms with van der Waals surface area (Å²) in [7, 11) is -3.31. The summed E-state index contributed by atoms with van der Waals surface area (Å²) in [4.78, 5) is 18.6. The fourth-order valence-electron chi connectivity index (χ4n) is 2.18. The van der Waals surface area contributed by atoms with Crippen molar-refractivity contribution in [3.05, 3.63) is 65.2 Å². The maximum atomic E-state index is 11.5. The maximum Gasteiger partial charge on any atom is 0.269 e. The number of non-ortho nitro benzene ring substituents is 1. The molecule has 0 bridgehead atoms. The van der Waals surface area contributed by atoms with Gasteiger partial charge in [0, 0.05) is 30.1 Å². The summed E-state index contributed by atoms with van der Waals surface area (Å²) in [6.07, 6.45) is 5.54. The van der Waals surface area contributed by atoms with Crippen molar-refractivity contribution in [2.24, 2.45) is 0 Å². The van der Waals surface area contributed by atoms with Crippen LogP contribution in [0, 0.1) is 10.1 Å². The Morgan fingerprint density at radius 1 is 1.08 bits per heavy atom. The highest BCUT2D eigenvalue weighted by Crippen LogP contribution is 2.24. The first-order valence-corrected chi connectivity index (χ1v) is 8.69. The fraction of sp³-hybridized carbons (Fsp3) is 0.0667. The minimum absolute atomic E-state index is 0.000413. The zero-order chi connectivity index (χ0) is 17.3. The van der Waals surface area contributed by atoms with Crippen LogP contribution in [0.25, 0.3) is 17.1 Å². The van der Waals surface area contributed by atoms with Gasteiger partial charge >= 0.3 is 0 Å². The second kappa shape index (κ2) is 5.85. The number of nitro benzene ring substituents is 1. The number of rotatable bonds is 4. The van der Waals surface area contributed by atoms with Gasteiger partial charge in [0.2, 0.25) is 0 Å². The molecule has 24 heavy (non-hydrogen) atoms. The molecule has 0 aliphatic rings. The van der Waals surface area contributed by atoms with Gasteiger partial charge in [-0.15, -0.1) is 0 Å². The van der Waals surface area contributed by atoms with E-state index in [2.05, 4.69) is 9.97 Å². The van der Waals surface area contributed by atoms with Gasteiger partial charge in [-0.3, -0.25) is 14.7 Å². The highest BCUT2D eigenvalue weighted by molar-refractivity contribution is 7.90. The quantitative estimate of drug-likeness (QED) is 0.530. The van der Waals surface area contributed by atoms with E-state index in [-0.39, 0.29) is 10.6 Å². The monoisotopic (exact) mass is 344 g/mol. The standard InChI is InChI=1S/C15H12N4O4S/c1-24(22,23)13-6-7-15(17-8-13)18-10-16-9-14(18)11-2-4-12(5-3-11)19(20)21/h2-10H,1H3. The van der Waals surface area contributed by atoms with Crippen LogP contribution in [-0.4, -0.2) is 34.1 Å². The highest BCUT2D eigenvalue weighted by atomic mass is 32.2. The van der Waals surface area contributed by atoms with Crippen LogP contribution in [0.5, 0.6) is 0 Å². The van der Waals surface area contributed by atoms with Crippen molar-refractivity contribution in [2.45, 2.75) is 4.90 Å². The predicted octanol–water partition coefficient (Wildman–Crippen LogP) is 2.25. The molecule has 0 N–H and O–H groups in total. The van der Waals surface area contributed by atoms with Crippen molar-refractivity contribution >= 4 is 15.5 Å². The largest absolute Gasteiger partial charge is 0.283 e. The topological polar surface area (TPSA) is 108 Å². The van der Waals surface area contributed by atoms with E-state index in [9.17, 15) is 18.5 Å². The zero-order valence-corrected chi connectivity index (χ0v) is 13.3. The first kappa shape index (κ1) is 15.8. The fourth-order valence-corrected chi connectivity index (χ4v) is 2.74. The van der Waals surface area contributed by atoms with Crippen molar-refractivity contribution in [3.8, 4) is 17.1 Å². The van der Waals surface area contributed by atoms with Crippen LogP contribution < -0.4 is 0 Å². The molecule has 0 aliphatic heterocycles. The summed E-state index contributed by atoms with van der Waals surface area (Å²) in [6, 6.07) is 9.11. The third kappa shape index (κ3) is 3.01. The summed E-state index contributed by atoms with van der Waals surface area (Å²) in [5, 5.41) is 10.7. The lowest BCUT2D eigenvalue weighted by atomic mass is 10.1. The number of benzene rings is 1. The number of imidazole rings is 1. The first-order chi connectivity index (χ1) is 11.4. The van der Waals surface area contributed by atoms with Gasteiger partial charge in [-0.05, 0) is 24.3 Å². The molecule has 0 aliphatic carbocycles. The number of nitrogens with zero attached hydrogens (tertiary/aromatic N) is 4. The number of hydrogen-bond donors (Lipinski definition) is 0. The molecule has 0 spiro atoms. The molecular weight excluding hydrogens is 332 g/mol. The van der Waals surface area contributed by atoms with Crippen LogP contribution in [0.1, 0.15) is 0 Å². The summed E-state index contributed by atoms with van der Waals surface area (Å²) >= 11 is 0. The molecule has 9 heteroatoms. The molecule has 1 aromatic carbocycles. The van der Waals surface area contributed by atoms with E-state index in [1.54, 1.807) is 35.3 Å². The van der Waals surface area contributed by atoms with Crippen molar-refractivity contribution in [1.82, 2.24) is 14.5 Å². The molecule has 3 rings (SSSR count). The van der Waals surface area contributed by atoms with Crippen LogP contribution in [0.15, 0.2) is 60.0 Å². The summed E-state index contributed by atoms with van der Waals surface area (Å²) < 4.78 is 24.7. The Hall–Kier alpha value is -3.07. The van der Waals surface area contributed by atoms with Crippen LogP contribution in [0.4, 0.5) is 5.69 Å². The Labute approximate surface area is 137 Å². The van der Waals surface area contributed by atoms with E-state index in [1.165, 1.54) is 24.4 Å². The van der Waals surface area contributed by atoms with Gasteiger partial charge in [0.1, 0.15) is 12.1 Å². The molecule has 0 amide bonds. The Morgan fingerprint density at radius 2 is 1.79 bits per heavy atom. The molecule has 0 fully saturated rings. The van der Waals surface area contributed by atoms with E-state index < -0.39 is 14.8 Å². The highest BCUT2D eigenvalue weighted by Gasteiger charge is 2.12. The Balaban J connectivity index is 2.00. The summed E-state index contributed by atoms with van der Waals surface area (Å²) in [6.45, 7) is 0. The second-order valence-corrected chi connectivity index (χ2v) is 7.09. The zero-order valence-electron chi connectivity index (χ0n) is 12.5. The molecule has 2 heterocycles. The van der Waals surface area contributed by atoms with Gasteiger partial charge in [-0.25, -0.2) is 18.4 Å². The summed E-state index contributed by atoms with van der Waals surface area (Å²) in [5.74, 6) is 0.494. The lowest BCUT2D eigenvalue weighted by Crippen LogP contribution is -2.02. The molecule has 0 saturated carbocycles. The molecule has 122 valence electrons. The Morgan fingerprint density at radius 3 is 2.33 bits per heavy atom. The van der Waals surface area contributed by atoms with Gasteiger partial charge in [-0.2, -0.15) is 0 Å². The van der Waals surface area contributed by atoms with E-state index in [0.29, 0.717) is 11.5 Å². The first-order valence-electron chi connectivity index (χ1n) is 6.80. The molecule has 0 radical (unpaired) electrons. The normalized spacial score (nSPS) is 11.4.